The third-order valence-corrected chi connectivity index (χ3v) is 9.15. The molecular formula is C35H45N3O2S. The molecule has 4 aromatic rings. The molecule has 2 aliphatic heterocycles. The summed E-state index contributed by atoms with van der Waals surface area (Å²) in [6.45, 7) is 7.29. The van der Waals surface area contributed by atoms with Gasteiger partial charge in [-0.25, -0.2) is 0 Å². The number of hydrogen-bond donors (Lipinski definition) is 2. The first kappa shape index (κ1) is 30.9. The second-order valence-electron chi connectivity index (χ2n) is 10.9. The Balaban J connectivity index is 0.000000247. The lowest BCUT2D eigenvalue weighted by atomic mass is 10.0. The van der Waals surface area contributed by atoms with Crippen molar-refractivity contribution in [1.29, 1.82) is 0 Å². The third kappa shape index (κ3) is 8.73. The maximum absolute atomic E-state index is 13.0. The summed E-state index contributed by atoms with van der Waals surface area (Å²) in [5.74, 6) is 0.248. The molecule has 2 aliphatic rings. The summed E-state index contributed by atoms with van der Waals surface area (Å²) in [6.07, 6.45) is 5.57. The zero-order valence-corrected chi connectivity index (χ0v) is 25.6. The van der Waals surface area contributed by atoms with E-state index in [1.807, 2.05) is 41.5 Å². The van der Waals surface area contributed by atoms with Gasteiger partial charge in [-0.3, -0.25) is 9.69 Å². The van der Waals surface area contributed by atoms with Crippen molar-refractivity contribution < 1.29 is 9.90 Å². The van der Waals surface area contributed by atoms with E-state index in [4.69, 9.17) is 5.11 Å². The highest BCUT2D eigenvalue weighted by molar-refractivity contribution is 7.12. The molecule has 0 spiro atoms. The summed E-state index contributed by atoms with van der Waals surface area (Å²) >= 11 is 1.97. The van der Waals surface area contributed by atoms with Crippen molar-refractivity contribution in [3.05, 3.63) is 105 Å². The van der Waals surface area contributed by atoms with Gasteiger partial charge in [0.1, 0.15) is 0 Å². The highest BCUT2D eigenvalue weighted by Crippen LogP contribution is 2.30. The summed E-state index contributed by atoms with van der Waals surface area (Å²) < 4.78 is 0. The quantitative estimate of drug-likeness (QED) is 0.270. The maximum Gasteiger partial charge on any atom is 0.224 e. The molecule has 0 saturated carbocycles. The maximum atomic E-state index is 13.0. The first-order valence-corrected chi connectivity index (χ1v) is 15.6. The van der Waals surface area contributed by atoms with Crippen LogP contribution in [0.4, 0.5) is 0 Å². The number of hydrogen-bond acceptors (Lipinski definition) is 5. The topological polar surface area (TPSA) is 55.8 Å². The smallest absolute Gasteiger partial charge is 0.224 e. The van der Waals surface area contributed by atoms with Gasteiger partial charge in [0, 0.05) is 49.0 Å². The minimum absolute atomic E-state index is 0.0761. The number of rotatable bonds is 6. The highest BCUT2D eigenvalue weighted by atomic mass is 32.1. The first-order chi connectivity index (χ1) is 20.1. The summed E-state index contributed by atoms with van der Waals surface area (Å²) in [5, 5.41) is 13.0. The van der Waals surface area contributed by atoms with Crippen LogP contribution in [0.15, 0.2) is 78.9 Å². The number of aryl methyl sites for hydroxylation is 1. The van der Waals surface area contributed by atoms with Crippen LogP contribution < -0.4 is 5.32 Å². The largest absolute Gasteiger partial charge is 0.400 e. The Kier molecular flexibility index (Phi) is 11.9. The first-order valence-electron chi connectivity index (χ1n) is 14.8. The summed E-state index contributed by atoms with van der Waals surface area (Å²) in [4.78, 5) is 20.5. The standard InChI is InChI=1S/C23H31N3OS.C11H10.CH4O/c1-24-21(18-8-4-2-5-9-18)15-23(27)26-13-10-22-19(16-26)14-20(28-22)17-25-11-6-3-7-12-25;1-9-6-7-10-4-2-3-5-11(10)8-9;1-2/h2,4-5,8-9,14,21,24H,3,6-7,10-13,15-17H2,1H3;2-8H,1H3;2H,1H3. The van der Waals surface area contributed by atoms with Crippen LogP contribution >= 0.6 is 11.3 Å². The monoisotopic (exact) mass is 571 g/mol. The zero-order valence-electron chi connectivity index (χ0n) is 24.8. The van der Waals surface area contributed by atoms with Gasteiger partial charge in [0.05, 0.1) is 0 Å². The number of likely N-dealkylation sites (tertiary alicyclic amines) is 1. The average molecular weight is 572 g/mol. The van der Waals surface area contributed by atoms with Gasteiger partial charge in [-0.15, -0.1) is 11.3 Å². The van der Waals surface area contributed by atoms with Gasteiger partial charge in [0.25, 0.3) is 0 Å². The molecule has 1 unspecified atom stereocenters. The van der Waals surface area contributed by atoms with E-state index in [-0.39, 0.29) is 11.9 Å². The van der Waals surface area contributed by atoms with Crippen LogP contribution in [0, 0.1) is 6.92 Å². The summed E-state index contributed by atoms with van der Waals surface area (Å²) in [7, 11) is 2.94. The number of carbonyl (C=O) groups is 1. The average Bonchev–Trinajstić information content (AvgIpc) is 3.43. The SMILES string of the molecule is CNC(CC(=O)N1CCc2sc(CN3CCCCC3)cc2C1)c1ccccc1.CO.Cc1ccc2ccccc2c1. The van der Waals surface area contributed by atoms with Crippen LogP contribution in [0.5, 0.6) is 0 Å². The van der Waals surface area contributed by atoms with Crippen LogP contribution in [0.1, 0.15) is 58.2 Å². The Morgan fingerprint density at radius 1 is 0.902 bits per heavy atom. The number of nitrogens with one attached hydrogen (secondary N) is 1. The Hall–Kier alpha value is -3.03. The van der Waals surface area contributed by atoms with E-state index < -0.39 is 0 Å². The predicted molar refractivity (Wildman–Crippen MR) is 172 cm³/mol. The van der Waals surface area contributed by atoms with Gasteiger partial charge < -0.3 is 15.3 Å². The molecule has 6 rings (SSSR count). The van der Waals surface area contributed by atoms with E-state index in [2.05, 4.69) is 77.8 Å². The molecule has 1 atom stereocenters. The number of thiophene rings is 1. The predicted octanol–water partition coefficient (Wildman–Crippen LogP) is 6.73. The molecule has 0 radical (unpaired) electrons. The minimum Gasteiger partial charge on any atom is -0.400 e. The van der Waals surface area contributed by atoms with Crippen LogP contribution in [-0.4, -0.2) is 54.6 Å². The van der Waals surface area contributed by atoms with E-state index in [1.165, 1.54) is 69.6 Å². The molecule has 1 amide bonds. The van der Waals surface area contributed by atoms with Crippen molar-refractivity contribution in [3.8, 4) is 0 Å². The number of aliphatic hydroxyl groups is 1. The number of carbonyl (C=O) groups excluding carboxylic acids is 1. The minimum atomic E-state index is 0.0761. The molecule has 3 aromatic carbocycles. The van der Waals surface area contributed by atoms with Gasteiger partial charge in [0.15, 0.2) is 0 Å². The molecule has 1 saturated heterocycles. The van der Waals surface area contributed by atoms with Gasteiger partial charge in [-0.2, -0.15) is 0 Å². The van der Waals surface area contributed by atoms with Gasteiger partial charge in [-0.05, 0) is 74.3 Å². The second-order valence-corrected chi connectivity index (χ2v) is 12.1. The molecule has 1 aromatic heterocycles. The third-order valence-electron chi connectivity index (χ3n) is 7.93. The van der Waals surface area contributed by atoms with Gasteiger partial charge in [-0.1, -0.05) is 84.8 Å². The van der Waals surface area contributed by atoms with Crippen LogP contribution in [0.25, 0.3) is 10.8 Å². The molecule has 1 fully saturated rings. The van der Waals surface area contributed by atoms with Crippen LogP contribution in [0.3, 0.4) is 0 Å². The molecular weight excluding hydrogens is 526 g/mol. The lowest BCUT2D eigenvalue weighted by molar-refractivity contribution is -0.132. The molecule has 218 valence electrons. The number of aliphatic hydroxyl groups excluding tert-OH is 1. The van der Waals surface area contributed by atoms with E-state index >= 15 is 0 Å². The molecule has 5 nitrogen and oxygen atoms in total. The molecule has 0 bridgehead atoms. The number of piperidine rings is 1. The van der Waals surface area contributed by atoms with E-state index in [1.54, 1.807) is 0 Å². The van der Waals surface area contributed by atoms with E-state index in [9.17, 15) is 4.79 Å². The lowest BCUT2D eigenvalue weighted by Gasteiger charge is -2.28. The van der Waals surface area contributed by atoms with Crippen molar-refractivity contribution >= 4 is 28.0 Å². The normalized spacial score (nSPS) is 15.7. The number of amides is 1. The summed E-state index contributed by atoms with van der Waals surface area (Å²) in [6, 6.07) is 27.6. The highest BCUT2D eigenvalue weighted by Gasteiger charge is 2.25. The van der Waals surface area contributed by atoms with Gasteiger partial charge >= 0.3 is 0 Å². The van der Waals surface area contributed by atoms with E-state index in [0.717, 1.165) is 33.2 Å². The number of benzene rings is 3. The molecule has 6 heteroatoms. The van der Waals surface area contributed by atoms with Crippen molar-refractivity contribution in [2.24, 2.45) is 0 Å². The number of nitrogens with zero attached hydrogens (tertiary/aromatic N) is 2. The fraction of sp³-hybridized carbons (Fsp3) is 0.400. The fourth-order valence-corrected chi connectivity index (χ4v) is 6.92. The number of fused-ring (bicyclic) bond motifs is 2. The zero-order chi connectivity index (χ0) is 29.0. The van der Waals surface area contributed by atoms with Crippen LogP contribution in [-0.2, 0) is 24.3 Å². The van der Waals surface area contributed by atoms with Crippen molar-refractivity contribution in [2.45, 2.75) is 58.2 Å². The van der Waals surface area contributed by atoms with Crippen LogP contribution in [0.2, 0.25) is 0 Å². The molecule has 3 heterocycles. The molecule has 0 aliphatic carbocycles. The van der Waals surface area contributed by atoms with Crippen molar-refractivity contribution in [2.75, 3.05) is 33.8 Å². The lowest BCUT2D eigenvalue weighted by Crippen LogP contribution is -2.37. The van der Waals surface area contributed by atoms with Crippen molar-refractivity contribution in [1.82, 2.24) is 15.1 Å². The fourth-order valence-electron chi connectivity index (χ4n) is 5.71. The van der Waals surface area contributed by atoms with E-state index in [0.29, 0.717) is 6.42 Å². The molecule has 41 heavy (non-hydrogen) atoms. The molecule has 2 N–H and O–H groups in total. The Morgan fingerprint density at radius 3 is 2.34 bits per heavy atom. The Labute approximate surface area is 249 Å². The van der Waals surface area contributed by atoms with Crippen molar-refractivity contribution in [3.63, 3.8) is 0 Å². The summed E-state index contributed by atoms with van der Waals surface area (Å²) in [5.41, 5.74) is 3.87. The Morgan fingerprint density at radius 2 is 1.61 bits per heavy atom. The van der Waals surface area contributed by atoms with Gasteiger partial charge in [0.2, 0.25) is 5.91 Å². The second kappa shape index (κ2) is 15.8. The Bertz CT molecular complexity index is 1360.